The molecule has 2 saturated heterocycles. The first kappa shape index (κ1) is 23.6. The summed E-state index contributed by atoms with van der Waals surface area (Å²) in [6.45, 7) is 7.27. The van der Waals surface area contributed by atoms with Crippen LogP contribution in [-0.4, -0.2) is 65.7 Å². The highest BCUT2D eigenvalue weighted by atomic mass is 32.1. The van der Waals surface area contributed by atoms with Crippen molar-refractivity contribution in [2.45, 2.75) is 25.4 Å². The number of aromatic nitrogens is 2. The zero-order valence-corrected chi connectivity index (χ0v) is 21.4. The van der Waals surface area contributed by atoms with Crippen molar-refractivity contribution in [1.82, 2.24) is 19.8 Å². The molecule has 4 aromatic rings. The standard InChI is InChI=1S/C29H33N5OS/c1-3-9-22(10-4-1)24-21-36-29-27(24)28(31-26(32-29)20-33-15-17-35-18-16-33)30-19-25(34-13-7-8-14-34)23-11-5-2-6-12-23/h1-6,9-12,21,25H,7-8,13-20H2,(H,30,31,32)/t25-/m1/s1. The zero-order chi connectivity index (χ0) is 24.2. The second-order valence-corrected chi connectivity index (χ2v) is 10.5. The van der Waals surface area contributed by atoms with Crippen LogP contribution in [0.5, 0.6) is 0 Å². The largest absolute Gasteiger partial charge is 0.379 e. The summed E-state index contributed by atoms with van der Waals surface area (Å²) < 4.78 is 5.54. The Morgan fingerprint density at radius 2 is 1.61 bits per heavy atom. The van der Waals surface area contributed by atoms with E-state index in [4.69, 9.17) is 14.7 Å². The molecule has 7 heteroatoms. The van der Waals surface area contributed by atoms with Gasteiger partial charge in [-0.1, -0.05) is 60.7 Å². The number of hydrogen-bond acceptors (Lipinski definition) is 7. The van der Waals surface area contributed by atoms with Crippen LogP contribution in [0.3, 0.4) is 0 Å². The van der Waals surface area contributed by atoms with E-state index in [1.54, 1.807) is 11.3 Å². The molecule has 1 N–H and O–H groups in total. The third kappa shape index (κ3) is 5.15. The first-order chi connectivity index (χ1) is 17.8. The quantitative estimate of drug-likeness (QED) is 0.348. The molecule has 2 aromatic carbocycles. The van der Waals surface area contributed by atoms with Gasteiger partial charge in [0.1, 0.15) is 16.5 Å². The maximum atomic E-state index is 5.54. The molecule has 0 amide bonds. The van der Waals surface area contributed by atoms with E-state index < -0.39 is 0 Å². The summed E-state index contributed by atoms with van der Waals surface area (Å²) in [5, 5.41) is 7.17. The Hall–Kier alpha value is -2.84. The number of benzene rings is 2. The second-order valence-electron chi connectivity index (χ2n) is 9.62. The molecule has 0 spiro atoms. The molecule has 0 aliphatic carbocycles. The fraction of sp³-hybridized carbons (Fsp3) is 0.379. The molecular formula is C29H33N5OS. The number of nitrogens with zero attached hydrogens (tertiary/aromatic N) is 4. The fourth-order valence-corrected chi connectivity index (χ4v) is 6.32. The predicted octanol–water partition coefficient (Wildman–Crippen LogP) is 5.44. The summed E-state index contributed by atoms with van der Waals surface area (Å²) in [7, 11) is 0. The van der Waals surface area contributed by atoms with E-state index in [1.807, 2.05) is 0 Å². The monoisotopic (exact) mass is 499 g/mol. The number of ether oxygens (including phenoxy) is 1. The van der Waals surface area contributed by atoms with Crippen LogP contribution >= 0.6 is 11.3 Å². The third-order valence-electron chi connectivity index (χ3n) is 7.26. The number of morpholine rings is 1. The van der Waals surface area contributed by atoms with Crippen LogP contribution < -0.4 is 5.32 Å². The van der Waals surface area contributed by atoms with Crippen molar-refractivity contribution in [3.63, 3.8) is 0 Å². The van der Waals surface area contributed by atoms with E-state index in [9.17, 15) is 0 Å². The molecule has 186 valence electrons. The lowest BCUT2D eigenvalue weighted by Gasteiger charge is -2.29. The van der Waals surface area contributed by atoms with Gasteiger partial charge in [0.15, 0.2) is 0 Å². The number of rotatable bonds is 8. The van der Waals surface area contributed by atoms with Gasteiger partial charge in [-0.25, -0.2) is 9.97 Å². The van der Waals surface area contributed by atoms with Gasteiger partial charge in [-0.15, -0.1) is 11.3 Å². The fourth-order valence-electron chi connectivity index (χ4n) is 5.35. The first-order valence-corrected chi connectivity index (χ1v) is 13.9. The Morgan fingerprint density at radius 3 is 2.36 bits per heavy atom. The predicted molar refractivity (Wildman–Crippen MR) is 147 cm³/mol. The van der Waals surface area contributed by atoms with Gasteiger partial charge in [-0.05, 0) is 37.1 Å². The summed E-state index contributed by atoms with van der Waals surface area (Å²) in [4.78, 5) is 16.2. The second kappa shape index (κ2) is 11.0. The molecule has 6 nitrogen and oxygen atoms in total. The van der Waals surface area contributed by atoms with Crippen molar-refractivity contribution in [1.29, 1.82) is 0 Å². The molecule has 2 fully saturated rings. The molecule has 0 bridgehead atoms. The molecule has 6 rings (SSSR count). The molecule has 2 aromatic heterocycles. The molecule has 36 heavy (non-hydrogen) atoms. The lowest BCUT2D eigenvalue weighted by molar-refractivity contribution is 0.0331. The van der Waals surface area contributed by atoms with Gasteiger partial charge in [0.25, 0.3) is 0 Å². The van der Waals surface area contributed by atoms with Crippen molar-refractivity contribution in [3.05, 3.63) is 77.4 Å². The average molecular weight is 500 g/mol. The molecule has 1 atom stereocenters. The minimum absolute atomic E-state index is 0.320. The van der Waals surface area contributed by atoms with Crippen molar-refractivity contribution < 1.29 is 4.74 Å². The molecule has 0 unspecified atom stereocenters. The Morgan fingerprint density at radius 1 is 0.889 bits per heavy atom. The summed E-state index contributed by atoms with van der Waals surface area (Å²) in [6.07, 6.45) is 2.54. The van der Waals surface area contributed by atoms with Gasteiger partial charge in [0.2, 0.25) is 0 Å². The van der Waals surface area contributed by atoms with E-state index in [0.29, 0.717) is 6.04 Å². The Bertz CT molecular complexity index is 1270. The minimum Gasteiger partial charge on any atom is -0.379 e. The van der Waals surface area contributed by atoms with Crippen molar-refractivity contribution >= 4 is 27.4 Å². The molecule has 2 aliphatic rings. The first-order valence-electron chi connectivity index (χ1n) is 13.0. The summed E-state index contributed by atoms with van der Waals surface area (Å²) >= 11 is 1.71. The summed E-state index contributed by atoms with van der Waals surface area (Å²) in [5.74, 6) is 1.83. The van der Waals surface area contributed by atoms with Crippen LogP contribution in [-0.2, 0) is 11.3 Å². The lowest BCUT2D eigenvalue weighted by atomic mass is 10.0. The summed E-state index contributed by atoms with van der Waals surface area (Å²) in [6, 6.07) is 21.8. The van der Waals surface area contributed by atoms with E-state index in [-0.39, 0.29) is 0 Å². The van der Waals surface area contributed by atoms with Crippen LogP contribution in [0.1, 0.15) is 30.3 Å². The number of nitrogens with one attached hydrogen (secondary N) is 1. The van der Waals surface area contributed by atoms with Crippen molar-refractivity contribution in [3.8, 4) is 11.1 Å². The van der Waals surface area contributed by atoms with Crippen LogP contribution in [0.25, 0.3) is 21.3 Å². The Balaban J connectivity index is 1.35. The highest BCUT2D eigenvalue weighted by Crippen LogP contribution is 2.37. The Labute approximate surface area is 216 Å². The van der Waals surface area contributed by atoms with Crippen molar-refractivity contribution in [2.75, 3.05) is 51.3 Å². The van der Waals surface area contributed by atoms with Crippen LogP contribution in [0, 0.1) is 0 Å². The molecule has 0 saturated carbocycles. The average Bonchev–Trinajstić information content (AvgIpc) is 3.61. The molecule has 2 aliphatic heterocycles. The van der Waals surface area contributed by atoms with Gasteiger partial charge >= 0.3 is 0 Å². The topological polar surface area (TPSA) is 53.5 Å². The van der Waals surface area contributed by atoms with Crippen molar-refractivity contribution in [2.24, 2.45) is 0 Å². The van der Waals surface area contributed by atoms with Gasteiger partial charge in [-0.2, -0.15) is 0 Å². The van der Waals surface area contributed by atoms with Gasteiger partial charge in [-0.3, -0.25) is 9.80 Å². The number of fused-ring (bicyclic) bond motifs is 1. The highest BCUT2D eigenvalue weighted by molar-refractivity contribution is 7.17. The number of thiophene rings is 1. The SMILES string of the molecule is c1ccc(-c2csc3nc(CN4CCOCC4)nc(NC[C@H](c4ccccc4)N4CCCC4)c23)cc1. The lowest BCUT2D eigenvalue weighted by Crippen LogP contribution is -2.36. The van der Waals surface area contributed by atoms with Crippen LogP contribution in [0.2, 0.25) is 0 Å². The summed E-state index contributed by atoms with van der Waals surface area (Å²) in [5.41, 5.74) is 3.77. The number of hydrogen-bond donors (Lipinski definition) is 1. The molecule has 4 heterocycles. The van der Waals surface area contributed by atoms with Crippen LogP contribution in [0.15, 0.2) is 66.0 Å². The van der Waals surface area contributed by atoms with E-state index in [2.05, 4.69) is 81.2 Å². The minimum atomic E-state index is 0.320. The molecular weight excluding hydrogens is 466 g/mol. The maximum Gasteiger partial charge on any atom is 0.146 e. The van der Waals surface area contributed by atoms with Gasteiger partial charge in [0.05, 0.1) is 31.2 Å². The highest BCUT2D eigenvalue weighted by Gasteiger charge is 2.25. The van der Waals surface area contributed by atoms with E-state index in [0.717, 1.165) is 74.3 Å². The van der Waals surface area contributed by atoms with E-state index in [1.165, 1.54) is 29.5 Å². The Kier molecular flexibility index (Phi) is 7.23. The van der Waals surface area contributed by atoms with Gasteiger partial charge in [0, 0.05) is 30.6 Å². The molecule has 0 radical (unpaired) electrons. The smallest absolute Gasteiger partial charge is 0.146 e. The normalized spacial score (nSPS) is 18.0. The van der Waals surface area contributed by atoms with E-state index >= 15 is 0 Å². The maximum absolute atomic E-state index is 5.54. The number of anilines is 1. The number of likely N-dealkylation sites (tertiary alicyclic amines) is 1. The van der Waals surface area contributed by atoms with Gasteiger partial charge < -0.3 is 10.1 Å². The zero-order valence-electron chi connectivity index (χ0n) is 20.6. The third-order valence-corrected chi connectivity index (χ3v) is 8.13. The van der Waals surface area contributed by atoms with Crippen LogP contribution in [0.4, 0.5) is 5.82 Å².